The number of aliphatic carboxylic acids is 1. The number of benzene rings is 1. The predicted molar refractivity (Wildman–Crippen MR) is 65.6 cm³/mol. The third-order valence-electron chi connectivity index (χ3n) is 2.03. The lowest BCUT2D eigenvalue weighted by Crippen LogP contribution is -1.98. The molecule has 0 aliphatic rings. The third kappa shape index (κ3) is 3.32. The Bertz CT molecular complexity index is 498. The van der Waals surface area contributed by atoms with Gasteiger partial charge in [0, 0.05) is 5.56 Å². The van der Waals surface area contributed by atoms with Gasteiger partial charge in [-0.1, -0.05) is 30.3 Å². The van der Waals surface area contributed by atoms with Crippen molar-refractivity contribution in [3.8, 4) is 11.4 Å². The molecule has 0 unspecified atom stereocenters. The van der Waals surface area contributed by atoms with Crippen molar-refractivity contribution in [1.29, 1.82) is 0 Å². The van der Waals surface area contributed by atoms with E-state index in [1.165, 1.54) is 11.8 Å². The molecular weight excluding hydrogens is 238 g/mol. The maximum Gasteiger partial charge on any atom is 0.313 e. The largest absolute Gasteiger partial charge is 0.481 e. The molecule has 0 bridgehead atoms. The highest BCUT2D eigenvalue weighted by Crippen LogP contribution is 2.15. The first-order valence-electron chi connectivity index (χ1n) is 5.02. The first-order valence-corrected chi connectivity index (χ1v) is 6.17. The second kappa shape index (κ2) is 5.49. The number of aromatic amines is 1. The minimum atomic E-state index is -0.821. The van der Waals surface area contributed by atoms with Crippen LogP contribution in [0.25, 0.3) is 11.4 Å². The minimum absolute atomic E-state index is 0.0708. The Morgan fingerprint density at radius 1 is 1.35 bits per heavy atom. The van der Waals surface area contributed by atoms with E-state index in [-0.39, 0.29) is 5.75 Å². The van der Waals surface area contributed by atoms with Crippen LogP contribution >= 0.6 is 11.8 Å². The summed E-state index contributed by atoms with van der Waals surface area (Å²) in [6.45, 7) is 0. The molecular formula is C11H11N3O2S. The molecule has 1 aromatic heterocycles. The van der Waals surface area contributed by atoms with E-state index in [1.54, 1.807) is 0 Å². The summed E-state index contributed by atoms with van der Waals surface area (Å²) in [6.07, 6.45) is 0. The Kier molecular flexibility index (Phi) is 3.77. The average molecular weight is 249 g/mol. The van der Waals surface area contributed by atoms with E-state index in [0.29, 0.717) is 17.4 Å². The summed E-state index contributed by atoms with van der Waals surface area (Å²) in [6, 6.07) is 9.63. The second-order valence-corrected chi connectivity index (χ2v) is 4.34. The highest BCUT2D eigenvalue weighted by molar-refractivity contribution is 7.99. The fourth-order valence-electron chi connectivity index (χ4n) is 1.31. The maximum atomic E-state index is 10.3. The van der Waals surface area contributed by atoms with E-state index in [1.807, 2.05) is 30.3 Å². The zero-order valence-corrected chi connectivity index (χ0v) is 9.78. The van der Waals surface area contributed by atoms with Crippen LogP contribution in [0.4, 0.5) is 0 Å². The molecule has 0 fully saturated rings. The SMILES string of the molecule is O=C(O)CSCc1nc(-c2ccccc2)n[nH]1. The molecule has 2 aromatic rings. The molecule has 1 heterocycles. The van der Waals surface area contributed by atoms with Crippen LogP contribution in [0, 0.1) is 0 Å². The number of H-pyrrole nitrogens is 1. The fraction of sp³-hybridized carbons (Fsp3) is 0.182. The lowest BCUT2D eigenvalue weighted by atomic mass is 10.2. The number of aromatic nitrogens is 3. The van der Waals surface area contributed by atoms with E-state index in [2.05, 4.69) is 15.2 Å². The third-order valence-corrected chi connectivity index (χ3v) is 2.96. The van der Waals surface area contributed by atoms with E-state index in [9.17, 15) is 4.79 Å². The van der Waals surface area contributed by atoms with Gasteiger partial charge in [0.1, 0.15) is 5.82 Å². The zero-order valence-electron chi connectivity index (χ0n) is 8.96. The van der Waals surface area contributed by atoms with Gasteiger partial charge in [0.15, 0.2) is 5.82 Å². The van der Waals surface area contributed by atoms with Gasteiger partial charge in [-0.05, 0) is 0 Å². The summed E-state index contributed by atoms with van der Waals surface area (Å²) < 4.78 is 0. The molecule has 6 heteroatoms. The summed E-state index contributed by atoms with van der Waals surface area (Å²) in [5.41, 5.74) is 0.943. The standard InChI is InChI=1S/C11H11N3O2S/c15-10(16)7-17-6-9-12-11(14-13-9)8-4-2-1-3-5-8/h1-5H,6-7H2,(H,15,16)(H,12,13,14). The average Bonchev–Trinajstić information content (AvgIpc) is 2.78. The number of rotatable bonds is 5. The van der Waals surface area contributed by atoms with Gasteiger partial charge in [-0.25, -0.2) is 4.98 Å². The van der Waals surface area contributed by atoms with Crippen LogP contribution in [0.3, 0.4) is 0 Å². The highest BCUT2D eigenvalue weighted by Gasteiger charge is 2.06. The topological polar surface area (TPSA) is 78.9 Å². The van der Waals surface area contributed by atoms with Crippen molar-refractivity contribution in [2.75, 3.05) is 5.75 Å². The van der Waals surface area contributed by atoms with Crippen molar-refractivity contribution in [3.63, 3.8) is 0 Å². The maximum absolute atomic E-state index is 10.3. The minimum Gasteiger partial charge on any atom is -0.481 e. The van der Waals surface area contributed by atoms with Gasteiger partial charge < -0.3 is 5.11 Å². The number of thioether (sulfide) groups is 1. The predicted octanol–water partition coefficient (Wildman–Crippen LogP) is 1.79. The Hall–Kier alpha value is -1.82. The molecule has 0 aliphatic carbocycles. The summed E-state index contributed by atoms with van der Waals surface area (Å²) in [7, 11) is 0. The molecule has 0 atom stereocenters. The van der Waals surface area contributed by atoms with Gasteiger partial charge in [-0.15, -0.1) is 11.8 Å². The van der Waals surface area contributed by atoms with Crippen molar-refractivity contribution in [3.05, 3.63) is 36.2 Å². The highest BCUT2D eigenvalue weighted by atomic mass is 32.2. The molecule has 1 aromatic carbocycles. The van der Waals surface area contributed by atoms with Crippen LogP contribution in [0.2, 0.25) is 0 Å². The lowest BCUT2D eigenvalue weighted by Gasteiger charge is -1.93. The molecule has 2 N–H and O–H groups in total. The zero-order chi connectivity index (χ0) is 12.1. The van der Waals surface area contributed by atoms with Crippen LogP contribution in [-0.4, -0.2) is 32.0 Å². The van der Waals surface area contributed by atoms with Crippen LogP contribution in [-0.2, 0) is 10.5 Å². The number of carboxylic acids is 1. The molecule has 17 heavy (non-hydrogen) atoms. The van der Waals surface area contributed by atoms with E-state index in [0.717, 1.165) is 5.56 Å². The molecule has 0 radical (unpaired) electrons. The van der Waals surface area contributed by atoms with Crippen molar-refractivity contribution in [1.82, 2.24) is 15.2 Å². The summed E-state index contributed by atoms with van der Waals surface area (Å²) in [5.74, 6) is 1.09. The van der Waals surface area contributed by atoms with Gasteiger partial charge in [-0.3, -0.25) is 9.89 Å². The van der Waals surface area contributed by atoms with Crippen LogP contribution < -0.4 is 0 Å². The fourth-order valence-corrected chi connectivity index (χ4v) is 1.91. The molecule has 88 valence electrons. The van der Waals surface area contributed by atoms with Gasteiger partial charge in [0.2, 0.25) is 0 Å². The molecule has 0 saturated heterocycles. The van der Waals surface area contributed by atoms with Gasteiger partial charge in [0.05, 0.1) is 11.5 Å². The Morgan fingerprint density at radius 2 is 2.12 bits per heavy atom. The smallest absolute Gasteiger partial charge is 0.313 e. The second-order valence-electron chi connectivity index (χ2n) is 3.36. The first-order chi connectivity index (χ1) is 8.25. The summed E-state index contributed by atoms with van der Waals surface area (Å²) >= 11 is 1.29. The van der Waals surface area contributed by atoms with Gasteiger partial charge >= 0.3 is 5.97 Å². The number of hydrogen-bond acceptors (Lipinski definition) is 4. The van der Waals surface area contributed by atoms with Crippen molar-refractivity contribution < 1.29 is 9.90 Å². The molecule has 0 aliphatic heterocycles. The number of carbonyl (C=O) groups is 1. The van der Waals surface area contributed by atoms with Crippen LogP contribution in [0.15, 0.2) is 30.3 Å². The normalized spacial score (nSPS) is 10.4. The van der Waals surface area contributed by atoms with Crippen molar-refractivity contribution >= 4 is 17.7 Å². The molecule has 0 saturated carbocycles. The van der Waals surface area contributed by atoms with Gasteiger partial charge in [-0.2, -0.15) is 5.10 Å². The number of carboxylic acid groups (broad SMARTS) is 1. The number of hydrogen-bond donors (Lipinski definition) is 2. The van der Waals surface area contributed by atoms with E-state index >= 15 is 0 Å². The summed E-state index contributed by atoms with van der Waals surface area (Å²) in [5, 5.41) is 15.4. The van der Waals surface area contributed by atoms with Crippen LogP contribution in [0.5, 0.6) is 0 Å². The quantitative estimate of drug-likeness (QED) is 0.844. The number of nitrogens with zero attached hydrogens (tertiary/aromatic N) is 2. The first kappa shape index (κ1) is 11.7. The van der Waals surface area contributed by atoms with Crippen LogP contribution in [0.1, 0.15) is 5.82 Å². The Balaban J connectivity index is 1.99. The summed E-state index contributed by atoms with van der Waals surface area (Å²) in [4.78, 5) is 14.6. The Labute approximate surface area is 102 Å². The molecule has 2 rings (SSSR count). The van der Waals surface area contributed by atoms with E-state index in [4.69, 9.17) is 5.11 Å². The van der Waals surface area contributed by atoms with Crippen molar-refractivity contribution in [2.24, 2.45) is 0 Å². The van der Waals surface area contributed by atoms with E-state index < -0.39 is 5.97 Å². The molecule has 5 nitrogen and oxygen atoms in total. The number of nitrogens with one attached hydrogen (secondary N) is 1. The molecule has 0 amide bonds. The van der Waals surface area contributed by atoms with Crippen molar-refractivity contribution in [2.45, 2.75) is 5.75 Å². The monoisotopic (exact) mass is 249 g/mol. The molecule has 0 spiro atoms. The Morgan fingerprint density at radius 3 is 2.82 bits per heavy atom. The van der Waals surface area contributed by atoms with Gasteiger partial charge in [0.25, 0.3) is 0 Å². The lowest BCUT2D eigenvalue weighted by molar-refractivity contribution is -0.133.